The average molecular weight is 378 g/mol. The van der Waals surface area contributed by atoms with Crippen molar-refractivity contribution in [1.82, 2.24) is 0 Å². The molecule has 0 heterocycles. The minimum atomic E-state index is -3.07. The minimum Gasteiger partial charge on any atom is -0.319 e. The summed E-state index contributed by atoms with van der Waals surface area (Å²) in [7, 11) is -3.07. The largest absolute Gasteiger partial charge is 0.319 e. The maximum absolute atomic E-state index is 16.6. The second kappa shape index (κ2) is 9.59. The van der Waals surface area contributed by atoms with Crippen LogP contribution >= 0.6 is 18.9 Å². The smallest absolute Gasteiger partial charge is 0.237 e. The van der Waals surface area contributed by atoms with Crippen LogP contribution in [0.15, 0.2) is 65.6 Å². The Morgan fingerprint density at radius 1 is 0.880 bits per heavy atom. The second-order valence-corrected chi connectivity index (χ2v) is 11.2. The number of halogens is 1. The van der Waals surface area contributed by atoms with Gasteiger partial charge < -0.3 is 4.57 Å². The molecule has 0 radical (unpaired) electrons. The van der Waals surface area contributed by atoms with Gasteiger partial charge in [0.05, 0.1) is 0 Å². The topological polar surface area (TPSA) is 17.1 Å². The molecular formula is C21H28FOPS. The van der Waals surface area contributed by atoms with Crippen molar-refractivity contribution in [2.24, 2.45) is 0 Å². The van der Waals surface area contributed by atoms with Crippen molar-refractivity contribution in [2.75, 3.05) is 12.3 Å². The van der Waals surface area contributed by atoms with Crippen LogP contribution in [0.4, 0.5) is 4.39 Å². The van der Waals surface area contributed by atoms with Gasteiger partial charge in [0.1, 0.15) is 7.14 Å². The van der Waals surface area contributed by atoms with Gasteiger partial charge in [0.25, 0.3) is 0 Å². The van der Waals surface area contributed by atoms with E-state index in [4.69, 9.17) is 0 Å². The van der Waals surface area contributed by atoms with Crippen molar-refractivity contribution in [3.63, 3.8) is 0 Å². The van der Waals surface area contributed by atoms with Crippen molar-refractivity contribution >= 4 is 18.9 Å². The Balaban J connectivity index is 2.49. The quantitative estimate of drug-likeness (QED) is 0.314. The van der Waals surface area contributed by atoms with Crippen LogP contribution in [0.1, 0.15) is 45.1 Å². The molecule has 0 aliphatic rings. The zero-order valence-corrected chi connectivity index (χ0v) is 16.9. The molecule has 0 fully saturated rings. The number of hydrogen-bond acceptors (Lipinski definition) is 2. The van der Waals surface area contributed by atoms with Crippen LogP contribution in [0.25, 0.3) is 0 Å². The van der Waals surface area contributed by atoms with Crippen LogP contribution in [0.5, 0.6) is 0 Å². The fourth-order valence-corrected chi connectivity index (χ4v) is 8.35. The molecule has 0 aromatic heterocycles. The lowest BCUT2D eigenvalue weighted by Gasteiger charge is -2.34. The number of hydrogen-bond donors (Lipinski definition) is 0. The third kappa shape index (κ3) is 4.99. The Kier molecular flexibility index (Phi) is 7.78. The van der Waals surface area contributed by atoms with Crippen LogP contribution < -0.4 is 0 Å². The molecule has 0 N–H and O–H groups in total. The lowest BCUT2D eigenvalue weighted by molar-refractivity contribution is 0.387. The van der Waals surface area contributed by atoms with Crippen LogP contribution in [0, 0.1) is 0 Å². The highest BCUT2D eigenvalue weighted by molar-refractivity contribution is 8.06. The van der Waals surface area contributed by atoms with Crippen molar-refractivity contribution in [3.8, 4) is 0 Å². The zero-order valence-electron chi connectivity index (χ0n) is 15.2. The maximum atomic E-state index is 16.6. The monoisotopic (exact) mass is 378 g/mol. The standard InChI is InChI=1S/C21H28FOPS/c1-3-5-17-24(23,18-6-4-2)21(22,19-13-9-7-10-14-19)25-20-15-11-8-12-16-20/h7-16H,3-6,17-18H2,1-2H3. The SMILES string of the molecule is CCCCP(=O)(CCCC)C(F)(Sc1ccccc1)c1ccccc1. The Hall–Kier alpha value is -1.05. The van der Waals surface area contributed by atoms with Gasteiger partial charge in [-0.2, -0.15) is 0 Å². The molecule has 0 amide bonds. The van der Waals surface area contributed by atoms with E-state index in [1.54, 1.807) is 12.1 Å². The molecule has 25 heavy (non-hydrogen) atoms. The summed E-state index contributed by atoms with van der Waals surface area (Å²) in [6.45, 7) is 4.13. The van der Waals surface area contributed by atoms with E-state index in [9.17, 15) is 4.57 Å². The number of unbranched alkanes of at least 4 members (excludes halogenated alkanes) is 2. The molecule has 0 saturated carbocycles. The fourth-order valence-electron chi connectivity index (χ4n) is 2.89. The van der Waals surface area contributed by atoms with Crippen molar-refractivity contribution < 1.29 is 8.96 Å². The molecule has 4 heteroatoms. The van der Waals surface area contributed by atoms with Gasteiger partial charge in [-0.15, -0.1) is 0 Å². The first-order chi connectivity index (χ1) is 12.1. The number of benzene rings is 2. The first-order valence-electron chi connectivity index (χ1n) is 9.12. The molecule has 2 aromatic carbocycles. The molecule has 2 rings (SSSR count). The summed E-state index contributed by atoms with van der Waals surface area (Å²) >= 11 is 1.12. The predicted molar refractivity (Wildman–Crippen MR) is 109 cm³/mol. The van der Waals surface area contributed by atoms with Gasteiger partial charge in [-0.1, -0.05) is 87.0 Å². The van der Waals surface area contributed by atoms with Gasteiger partial charge in [-0.25, -0.2) is 4.39 Å². The second-order valence-electron chi connectivity index (χ2n) is 6.39. The number of rotatable bonds is 10. The van der Waals surface area contributed by atoms with Gasteiger partial charge in [0.2, 0.25) is 4.74 Å². The van der Waals surface area contributed by atoms with E-state index < -0.39 is 11.9 Å². The van der Waals surface area contributed by atoms with Gasteiger partial charge in [-0.3, -0.25) is 0 Å². The molecule has 136 valence electrons. The summed E-state index contributed by atoms with van der Waals surface area (Å²) < 4.78 is 28.7. The molecule has 1 unspecified atom stereocenters. The van der Waals surface area contributed by atoms with E-state index >= 15 is 4.39 Å². The Morgan fingerprint density at radius 2 is 1.36 bits per heavy atom. The third-order valence-electron chi connectivity index (χ3n) is 4.40. The van der Waals surface area contributed by atoms with E-state index in [1.807, 2.05) is 48.5 Å². The number of thioether (sulfide) groups is 1. The molecule has 1 nitrogen and oxygen atoms in total. The van der Waals surface area contributed by atoms with E-state index in [2.05, 4.69) is 13.8 Å². The first kappa shape index (κ1) is 20.3. The molecule has 0 spiro atoms. The highest BCUT2D eigenvalue weighted by atomic mass is 32.2. The lowest BCUT2D eigenvalue weighted by Crippen LogP contribution is -2.20. The summed E-state index contributed by atoms with van der Waals surface area (Å²) in [6, 6.07) is 18.6. The summed E-state index contributed by atoms with van der Waals surface area (Å²) in [5, 5.41) is 0. The molecule has 0 aliphatic carbocycles. The Morgan fingerprint density at radius 3 is 1.84 bits per heavy atom. The van der Waals surface area contributed by atoms with E-state index in [0.717, 1.165) is 42.3 Å². The van der Waals surface area contributed by atoms with E-state index in [0.29, 0.717) is 17.9 Å². The molecule has 2 aromatic rings. The van der Waals surface area contributed by atoms with Gasteiger partial charge in [-0.05, 0) is 25.0 Å². The van der Waals surface area contributed by atoms with Crippen LogP contribution in [0.3, 0.4) is 0 Å². The van der Waals surface area contributed by atoms with Crippen LogP contribution in [0.2, 0.25) is 0 Å². The van der Waals surface area contributed by atoms with Crippen molar-refractivity contribution in [1.29, 1.82) is 0 Å². The molecule has 0 aliphatic heterocycles. The average Bonchev–Trinajstić information content (AvgIpc) is 2.66. The Labute approximate surface area is 155 Å². The molecule has 0 bridgehead atoms. The van der Waals surface area contributed by atoms with Crippen LogP contribution in [-0.2, 0) is 9.31 Å². The highest BCUT2D eigenvalue weighted by Crippen LogP contribution is 2.71. The lowest BCUT2D eigenvalue weighted by atomic mass is 10.2. The Bertz CT molecular complexity index is 665. The van der Waals surface area contributed by atoms with Gasteiger partial charge in [0.15, 0.2) is 0 Å². The van der Waals surface area contributed by atoms with Crippen LogP contribution in [-0.4, -0.2) is 12.3 Å². The first-order valence-corrected chi connectivity index (χ1v) is 12.0. The summed E-state index contributed by atoms with van der Waals surface area (Å²) in [5.74, 6) is 0. The normalized spacial score (nSPS) is 14.2. The molecular weight excluding hydrogens is 350 g/mol. The minimum absolute atomic E-state index is 0.467. The van der Waals surface area contributed by atoms with Crippen molar-refractivity contribution in [2.45, 2.75) is 49.2 Å². The van der Waals surface area contributed by atoms with E-state index in [-0.39, 0.29) is 0 Å². The predicted octanol–water partition coefficient (Wildman–Crippen LogP) is 7.52. The number of alkyl halides is 1. The maximum Gasteiger partial charge on any atom is 0.237 e. The van der Waals surface area contributed by atoms with E-state index in [1.165, 1.54) is 0 Å². The third-order valence-corrected chi connectivity index (χ3v) is 10.1. The summed E-state index contributed by atoms with van der Waals surface area (Å²) in [4.78, 5) is 0.821. The summed E-state index contributed by atoms with van der Waals surface area (Å²) in [6.07, 6.45) is 4.39. The summed E-state index contributed by atoms with van der Waals surface area (Å²) in [5.41, 5.74) is 0.527. The molecule has 0 saturated heterocycles. The van der Waals surface area contributed by atoms with Crippen molar-refractivity contribution in [3.05, 3.63) is 66.2 Å². The fraction of sp³-hybridized carbons (Fsp3) is 0.429. The zero-order chi connectivity index (χ0) is 18.2. The van der Waals surface area contributed by atoms with Gasteiger partial charge >= 0.3 is 0 Å². The molecule has 1 atom stereocenters. The highest BCUT2D eigenvalue weighted by Gasteiger charge is 2.50. The van der Waals surface area contributed by atoms with Gasteiger partial charge in [0, 0.05) is 22.8 Å².